The summed E-state index contributed by atoms with van der Waals surface area (Å²) in [7, 11) is 1.64. The lowest BCUT2D eigenvalue weighted by Gasteiger charge is -2.09. The van der Waals surface area contributed by atoms with Gasteiger partial charge >= 0.3 is 6.18 Å². The highest BCUT2D eigenvalue weighted by molar-refractivity contribution is 6.07. The molecular formula is C25H21F3N6O3. The van der Waals surface area contributed by atoms with Gasteiger partial charge in [0.2, 0.25) is 0 Å². The highest BCUT2D eigenvalue weighted by Crippen LogP contribution is 2.34. The first-order valence-corrected chi connectivity index (χ1v) is 11.3. The van der Waals surface area contributed by atoms with Gasteiger partial charge in [-0.2, -0.15) is 18.3 Å². The van der Waals surface area contributed by atoms with E-state index in [1.165, 1.54) is 40.7 Å². The molecule has 1 amide bonds. The lowest BCUT2D eigenvalue weighted by Crippen LogP contribution is -2.30. The molecule has 3 heterocycles. The topological polar surface area (TPSA) is 118 Å². The fourth-order valence-electron chi connectivity index (χ4n) is 4.12. The Hall–Kier alpha value is -4.45. The largest absolute Gasteiger partial charge is 0.416 e. The Morgan fingerprint density at radius 1 is 1.19 bits per heavy atom. The van der Waals surface area contributed by atoms with Crippen molar-refractivity contribution in [3.05, 3.63) is 76.2 Å². The number of carbonyl (C=O) groups excluding carboxylic acids is 1. The maximum absolute atomic E-state index is 13.7. The lowest BCUT2D eigenvalue weighted by atomic mass is 10.0. The average molecular weight is 510 g/mol. The second-order valence-electron chi connectivity index (χ2n) is 8.66. The number of aryl methyl sites for hydroxylation is 1. The van der Waals surface area contributed by atoms with Gasteiger partial charge in [0.05, 0.1) is 45.5 Å². The van der Waals surface area contributed by atoms with E-state index in [1.54, 1.807) is 25.2 Å². The molecule has 0 saturated heterocycles. The summed E-state index contributed by atoms with van der Waals surface area (Å²) < 4.78 is 42.9. The van der Waals surface area contributed by atoms with Crippen LogP contribution < -0.4 is 10.9 Å². The zero-order chi connectivity index (χ0) is 26.5. The van der Waals surface area contributed by atoms with Gasteiger partial charge in [0.25, 0.3) is 11.5 Å². The first-order valence-electron chi connectivity index (χ1n) is 11.3. The number of aliphatic hydroxyl groups excluding tert-OH is 1. The highest BCUT2D eigenvalue weighted by Gasteiger charge is 2.31. The van der Waals surface area contributed by atoms with Gasteiger partial charge in [-0.15, -0.1) is 0 Å². The van der Waals surface area contributed by atoms with Gasteiger partial charge in [-0.05, 0) is 37.3 Å². The van der Waals surface area contributed by atoms with Crippen LogP contribution in [0.15, 0.2) is 59.5 Å². The van der Waals surface area contributed by atoms with Crippen molar-refractivity contribution in [1.82, 2.24) is 29.9 Å². The number of alkyl halides is 3. The maximum Gasteiger partial charge on any atom is 0.416 e. The molecule has 0 aliphatic carbocycles. The van der Waals surface area contributed by atoms with E-state index in [4.69, 9.17) is 0 Å². The number of rotatable bonds is 5. The molecule has 37 heavy (non-hydrogen) atoms. The van der Waals surface area contributed by atoms with Crippen LogP contribution in [0.3, 0.4) is 0 Å². The molecule has 12 heteroatoms. The number of nitrogens with zero attached hydrogens (tertiary/aromatic N) is 4. The van der Waals surface area contributed by atoms with Gasteiger partial charge in [-0.1, -0.05) is 18.2 Å². The molecule has 3 N–H and O–H groups in total. The van der Waals surface area contributed by atoms with Crippen LogP contribution in [0.5, 0.6) is 0 Å². The Labute approximate surface area is 207 Å². The predicted octanol–water partition coefficient (Wildman–Crippen LogP) is 3.40. The van der Waals surface area contributed by atoms with Crippen LogP contribution in [0.4, 0.5) is 13.2 Å². The first-order chi connectivity index (χ1) is 17.5. The van der Waals surface area contributed by atoms with Gasteiger partial charge < -0.3 is 10.4 Å². The predicted molar refractivity (Wildman–Crippen MR) is 130 cm³/mol. The van der Waals surface area contributed by atoms with Crippen LogP contribution in [-0.4, -0.2) is 48.2 Å². The normalized spacial score (nSPS) is 12.8. The van der Waals surface area contributed by atoms with Crippen molar-refractivity contribution in [3.8, 4) is 16.9 Å². The second-order valence-corrected chi connectivity index (χ2v) is 8.66. The van der Waals surface area contributed by atoms with E-state index >= 15 is 0 Å². The first kappa shape index (κ1) is 24.3. The average Bonchev–Trinajstić information content (AvgIpc) is 3.41. The number of hydrogen-bond acceptors (Lipinski definition) is 5. The van der Waals surface area contributed by atoms with Crippen LogP contribution >= 0.6 is 0 Å². The third-order valence-corrected chi connectivity index (χ3v) is 5.91. The van der Waals surface area contributed by atoms with Crippen molar-refractivity contribution in [2.45, 2.75) is 19.2 Å². The lowest BCUT2D eigenvalue weighted by molar-refractivity contribution is -0.137. The summed E-state index contributed by atoms with van der Waals surface area (Å²) in [6, 6.07) is 10.9. The van der Waals surface area contributed by atoms with E-state index in [0.717, 1.165) is 12.1 Å². The number of H-pyrrole nitrogens is 1. The summed E-state index contributed by atoms with van der Waals surface area (Å²) in [6.07, 6.45) is -3.79. The highest BCUT2D eigenvalue weighted by atomic mass is 19.4. The third kappa shape index (κ3) is 4.35. The molecule has 0 spiro atoms. The number of aromatic amines is 1. The van der Waals surface area contributed by atoms with E-state index in [9.17, 15) is 27.9 Å². The van der Waals surface area contributed by atoms with Crippen LogP contribution in [0.1, 0.15) is 22.8 Å². The summed E-state index contributed by atoms with van der Waals surface area (Å²) in [4.78, 5) is 30.7. The standard InChI is InChI=1S/C25H21F3N6O3/c1-13(35)11-29-23(36)15-6-4-8-17(10-15)34-24(37)19-20(14-5-3-7-16(9-14)25(26,27)28)31-22-18(21(19)32-34)12-30-33(22)2/h3-10,12-13,32,35H,11H2,1-2H3,(H,29,36). The van der Waals surface area contributed by atoms with E-state index in [-0.39, 0.29) is 28.8 Å². The van der Waals surface area contributed by atoms with Gasteiger partial charge in [0.15, 0.2) is 5.65 Å². The zero-order valence-corrected chi connectivity index (χ0v) is 19.7. The van der Waals surface area contributed by atoms with E-state index in [0.29, 0.717) is 22.2 Å². The van der Waals surface area contributed by atoms with Crippen LogP contribution in [0.2, 0.25) is 0 Å². The van der Waals surface area contributed by atoms with Gasteiger partial charge in [-0.3, -0.25) is 19.4 Å². The molecule has 3 aromatic heterocycles. The Morgan fingerprint density at radius 2 is 1.95 bits per heavy atom. The molecule has 0 fully saturated rings. The number of pyridine rings is 1. The van der Waals surface area contributed by atoms with Crippen molar-refractivity contribution in [2.24, 2.45) is 7.05 Å². The van der Waals surface area contributed by atoms with Crippen molar-refractivity contribution in [2.75, 3.05) is 6.54 Å². The summed E-state index contributed by atoms with van der Waals surface area (Å²) >= 11 is 0. The van der Waals surface area contributed by atoms with Gasteiger partial charge in [0.1, 0.15) is 0 Å². The molecule has 190 valence electrons. The van der Waals surface area contributed by atoms with E-state index < -0.39 is 29.3 Å². The minimum Gasteiger partial charge on any atom is -0.392 e. The minimum atomic E-state index is -4.57. The molecule has 9 nitrogen and oxygen atoms in total. The summed E-state index contributed by atoms with van der Waals surface area (Å²) in [5, 5.41) is 19.8. The second kappa shape index (κ2) is 8.89. The Kier molecular flexibility index (Phi) is 5.83. The Balaban J connectivity index is 1.72. The molecule has 1 atom stereocenters. The van der Waals surface area contributed by atoms with Crippen molar-refractivity contribution < 1.29 is 23.1 Å². The fourth-order valence-corrected chi connectivity index (χ4v) is 4.12. The monoisotopic (exact) mass is 510 g/mol. The Bertz CT molecular complexity index is 1710. The number of amides is 1. The molecule has 0 radical (unpaired) electrons. The quantitative estimate of drug-likeness (QED) is 0.335. The fraction of sp³-hybridized carbons (Fsp3) is 0.200. The maximum atomic E-state index is 13.7. The van der Waals surface area contributed by atoms with Crippen molar-refractivity contribution in [3.63, 3.8) is 0 Å². The van der Waals surface area contributed by atoms with Crippen LogP contribution in [0, 0.1) is 0 Å². The number of benzene rings is 2. The number of nitrogens with one attached hydrogen (secondary N) is 2. The van der Waals surface area contributed by atoms with Crippen molar-refractivity contribution in [1.29, 1.82) is 0 Å². The number of hydrogen-bond donors (Lipinski definition) is 3. The molecule has 5 rings (SSSR count). The van der Waals surface area contributed by atoms with Gasteiger partial charge in [0, 0.05) is 24.7 Å². The number of halogens is 3. The van der Waals surface area contributed by atoms with E-state index in [1.807, 2.05) is 0 Å². The van der Waals surface area contributed by atoms with E-state index in [2.05, 4.69) is 20.5 Å². The third-order valence-electron chi connectivity index (χ3n) is 5.91. The molecule has 5 aromatic rings. The number of carbonyl (C=O) groups is 1. The molecular weight excluding hydrogens is 489 g/mol. The number of aromatic nitrogens is 5. The SMILES string of the molecule is CC(O)CNC(=O)c1cccc(-n2[nH]c3c(c(-c4cccc(C(F)(F)F)c4)nc4c3cnn4C)c2=O)c1. The zero-order valence-electron chi connectivity index (χ0n) is 19.7. The molecule has 0 saturated carbocycles. The minimum absolute atomic E-state index is 0.0560. The summed E-state index contributed by atoms with van der Waals surface area (Å²) in [5.74, 6) is -0.437. The summed E-state index contributed by atoms with van der Waals surface area (Å²) in [5.41, 5.74) is 0.0860. The molecule has 1 unspecified atom stereocenters. The van der Waals surface area contributed by atoms with Crippen LogP contribution in [0.25, 0.3) is 38.9 Å². The van der Waals surface area contributed by atoms with Crippen LogP contribution in [-0.2, 0) is 13.2 Å². The number of aliphatic hydroxyl groups is 1. The number of fused-ring (bicyclic) bond motifs is 3. The molecule has 0 aliphatic rings. The molecule has 0 aliphatic heterocycles. The molecule has 2 aromatic carbocycles. The molecule has 0 bridgehead atoms. The Morgan fingerprint density at radius 3 is 2.68 bits per heavy atom. The van der Waals surface area contributed by atoms with Gasteiger partial charge in [-0.25, -0.2) is 9.67 Å². The van der Waals surface area contributed by atoms with Crippen molar-refractivity contribution >= 4 is 27.8 Å². The smallest absolute Gasteiger partial charge is 0.392 e. The summed E-state index contributed by atoms with van der Waals surface area (Å²) in [6.45, 7) is 1.59.